The van der Waals surface area contributed by atoms with Gasteiger partial charge in [-0.3, -0.25) is 14.9 Å². The van der Waals surface area contributed by atoms with Gasteiger partial charge >= 0.3 is 12.4 Å². The summed E-state index contributed by atoms with van der Waals surface area (Å²) in [5, 5.41) is 10.5. The van der Waals surface area contributed by atoms with Gasteiger partial charge in [-0.25, -0.2) is 0 Å². The number of halogens is 3. The summed E-state index contributed by atoms with van der Waals surface area (Å²) in [6.45, 7) is 0. The molecule has 0 aromatic heterocycles. The molecule has 1 aromatic carbocycles. The maximum atomic E-state index is 12.4. The van der Waals surface area contributed by atoms with Gasteiger partial charge in [0, 0.05) is 11.6 Å². The standard InChI is InChI=1S/C9H4F3N3O3/c10-9(11,12)6-2-1-5(8(16)4-14-13)3-7(6)15(17)18/h1-4H. The van der Waals surface area contributed by atoms with E-state index in [-0.39, 0.29) is 5.56 Å². The molecule has 0 bridgehead atoms. The van der Waals surface area contributed by atoms with Gasteiger partial charge in [0.1, 0.15) is 5.56 Å². The molecule has 94 valence electrons. The molecule has 0 fully saturated rings. The van der Waals surface area contributed by atoms with Gasteiger partial charge in [-0.1, -0.05) is 0 Å². The summed E-state index contributed by atoms with van der Waals surface area (Å²) in [6, 6.07) is 1.67. The molecule has 0 saturated carbocycles. The van der Waals surface area contributed by atoms with Crippen LogP contribution in [0, 0.1) is 10.1 Å². The van der Waals surface area contributed by atoms with Crippen LogP contribution in [-0.2, 0) is 6.18 Å². The Balaban J connectivity index is 3.41. The smallest absolute Gasteiger partial charge is 0.361 e. The van der Waals surface area contributed by atoms with Crippen molar-refractivity contribution in [3.05, 3.63) is 45.0 Å². The molecule has 1 rings (SSSR count). The zero-order chi connectivity index (χ0) is 13.9. The van der Waals surface area contributed by atoms with E-state index in [9.17, 15) is 28.1 Å². The highest BCUT2D eigenvalue weighted by Crippen LogP contribution is 2.36. The highest BCUT2D eigenvalue weighted by molar-refractivity contribution is 6.33. The summed E-state index contributed by atoms with van der Waals surface area (Å²) >= 11 is 0. The number of ketones is 1. The third kappa shape index (κ3) is 2.77. The predicted octanol–water partition coefficient (Wildman–Crippen LogP) is 2.10. The van der Waals surface area contributed by atoms with Crippen LogP contribution in [0.15, 0.2) is 18.2 Å². The van der Waals surface area contributed by atoms with Crippen molar-refractivity contribution in [3.63, 3.8) is 0 Å². The number of Topliss-reactive ketones (excluding diaryl/α,β-unsaturated/α-hetero) is 1. The lowest BCUT2D eigenvalue weighted by Gasteiger charge is -2.07. The van der Waals surface area contributed by atoms with Crippen molar-refractivity contribution in [1.29, 1.82) is 0 Å². The summed E-state index contributed by atoms with van der Waals surface area (Å²) < 4.78 is 37.3. The largest absolute Gasteiger partial charge is 0.422 e. The van der Waals surface area contributed by atoms with Crippen LogP contribution >= 0.6 is 0 Å². The number of hydrogen-bond donors (Lipinski definition) is 0. The molecule has 6 nitrogen and oxygen atoms in total. The zero-order valence-electron chi connectivity index (χ0n) is 8.51. The van der Waals surface area contributed by atoms with Crippen LogP contribution in [-0.4, -0.2) is 21.7 Å². The van der Waals surface area contributed by atoms with E-state index in [4.69, 9.17) is 5.53 Å². The van der Waals surface area contributed by atoms with Gasteiger partial charge < -0.3 is 5.53 Å². The molecule has 0 amide bonds. The maximum Gasteiger partial charge on any atom is 0.422 e. The van der Waals surface area contributed by atoms with Crippen molar-refractivity contribution in [2.45, 2.75) is 6.18 Å². The molecule has 0 atom stereocenters. The molecule has 0 radical (unpaired) electrons. The molecule has 1 aromatic rings. The van der Waals surface area contributed by atoms with Crippen molar-refractivity contribution in [3.8, 4) is 0 Å². The molecule has 0 unspecified atom stereocenters. The highest BCUT2D eigenvalue weighted by Gasteiger charge is 2.38. The second kappa shape index (κ2) is 4.76. The molecule has 0 aliphatic rings. The lowest BCUT2D eigenvalue weighted by molar-refractivity contribution is -0.388. The number of carbonyl (C=O) groups excluding carboxylic acids is 1. The van der Waals surface area contributed by atoms with Crippen molar-refractivity contribution in [1.82, 2.24) is 0 Å². The van der Waals surface area contributed by atoms with Gasteiger partial charge in [0.05, 0.1) is 4.92 Å². The number of nitro benzene ring substituents is 1. The molecule has 0 N–H and O–H groups in total. The molecular formula is C9H4F3N3O3. The Morgan fingerprint density at radius 3 is 2.50 bits per heavy atom. The molecule has 0 aliphatic carbocycles. The summed E-state index contributed by atoms with van der Waals surface area (Å²) in [7, 11) is 0. The highest BCUT2D eigenvalue weighted by atomic mass is 19.4. The van der Waals surface area contributed by atoms with Crippen LogP contribution in [0.2, 0.25) is 0 Å². The minimum Gasteiger partial charge on any atom is -0.361 e. The summed E-state index contributed by atoms with van der Waals surface area (Å²) in [6.07, 6.45) is -4.47. The maximum absolute atomic E-state index is 12.4. The van der Waals surface area contributed by atoms with Crippen LogP contribution in [0.1, 0.15) is 15.9 Å². The van der Waals surface area contributed by atoms with Crippen molar-refractivity contribution in [2.75, 3.05) is 0 Å². The Morgan fingerprint density at radius 1 is 1.44 bits per heavy atom. The Kier molecular flexibility index (Phi) is 3.58. The lowest BCUT2D eigenvalue weighted by atomic mass is 10.1. The van der Waals surface area contributed by atoms with Crippen LogP contribution in [0.3, 0.4) is 0 Å². The fourth-order valence-electron chi connectivity index (χ4n) is 1.20. The molecule has 0 aliphatic heterocycles. The third-order valence-corrected chi connectivity index (χ3v) is 1.96. The predicted molar refractivity (Wildman–Crippen MR) is 52.1 cm³/mol. The van der Waals surface area contributed by atoms with Crippen LogP contribution < -0.4 is 0 Å². The number of benzene rings is 1. The second-order valence-electron chi connectivity index (χ2n) is 3.10. The Bertz CT molecular complexity index is 562. The van der Waals surface area contributed by atoms with Gasteiger partial charge in [-0.05, 0) is 12.1 Å². The SMILES string of the molecule is [N-]=[N+]=CC(=O)c1ccc(C(F)(F)F)c([N+](=O)[O-])c1. The number of rotatable bonds is 3. The normalized spacial score (nSPS) is 10.6. The first-order chi connectivity index (χ1) is 8.27. The van der Waals surface area contributed by atoms with Crippen molar-refractivity contribution in [2.24, 2.45) is 0 Å². The Morgan fingerprint density at radius 2 is 2.06 bits per heavy atom. The van der Waals surface area contributed by atoms with E-state index in [1.165, 1.54) is 0 Å². The first-order valence-corrected chi connectivity index (χ1v) is 4.34. The summed E-state index contributed by atoms with van der Waals surface area (Å²) in [4.78, 5) is 22.8. The van der Waals surface area contributed by atoms with Gasteiger partial charge in [0.15, 0.2) is 0 Å². The van der Waals surface area contributed by atoms with E-state index < -0.39 is 28.1 Å². The number of hydrogen-bond acceptors (Lipinski definition) is 3. The average Bonchev–Trinajstić information content (AvgIpc) is 2.27. The molecule has 9 heteroatoms. The van der Waals surface area contributed by atoms with Crippen molar-refractivity contribution >= 4 is 17.7 Å². The van der Waals surface area contributed by atoms with E-state index in [0.717, 1.165) is 6.07 Å². The quantitative estimate of drug-likeness (QED) is 0.207. The average molecular weight is 259 g/mol. The number of alkyl halides is 3. The van der Waals surface area contributed by atoms with E-state index >= 15 is 0 Å². The van der Waals surface area contributed by atoms with Gasteiger partial charge in [0.2, 0.25) is 0 Å². The van der Waals surface area contributed by atoms with Crippen LogP contribution in [0.5, 0.6) is 0 Å². The second-order valence-corrected chi connectivity index (χ2v) is 3.10. The Labute approximate surface area is 97.4 Å². The number of carbonyl (C=O) groups is 1. The fourth-order valence-corrected chi connectivity index (χ4v) is 1.20. The van der Waals surface area contributed by atoms with E-state index in [1.807, 2.05) is 0 Å². The topological polar surface area (TPSA) is 96.6 Å². The van der Waals surface area contributed by atoms with E-state index in [0.29, 0.717) is 18.3 Å². The van der Waals surface area contributed by atoms with E-state index in [1.54, 1.807) is 0 Å². The zero-order valence-corrected chi connectivity index (χ0v) is 8.51. The summed E-state index contributed by atoms with van der Waals surface area (Å²) in [5.41, 5.74) is 5.02. The number of nitrogens with zero attached hydrogens (tertiary/aromatic N) is 3. The van der Waals surface area contributed by atoms with Gasteiger partial charge in [-0.15, -0.1) is 0 Å². The van der Waals surface area contributed by atoms with Gasteiger partial charge in [0.25, 0.3) is 11.5 Å². The van der Waals surface area contributed by atoms with Crippen LogP contribution in [0.4, 0.5) is 18.9 Å². The van der Waals surface area contributed by atoms with Gasteiger partial charge in [-0.2, -0.15) is 18.0 Å². The Hall–Kier alpha value is -2.54. The monoisotopic (exact) mass is 259 g/mol. The lowest BCUT2D eigenvalue weighted by Crippen LogP contribution is -2.11. The number of nitro groups is 1. The molecule has 18 heavy (non-hydrogen) atoms. The fraction of sp³-hybridized carbons (Fsp3) is 0.111. The molecule has 0 heterocycles. The summed E-state index contributed by atoms with van der Waals surface area (Å²) in [5.74, 6) is -0.950. The third-order valence-electron chi connectivity index (χ3n) is 1.96. The molecule has 0 saturated heterocycles. The molecule has 0 spiro atoms. The van der Waals surface area contributed by atoms with Crippen LogP contribution in [0.25, 0.3) is 5.53 Å². The first-order valence-electron chi connectivity index (χ1n) is 4.34. The first kappa shape index (κ1) is 13.5. The molecular weight excluding hydrogens is 255 g/mol. The minimum atomic E-state index is -4.89. The van der Waals surface area contributed by atoms with Crippen molar-refractivity contribution < 1.29 is 27.7 Å². The van der Waals surface area contributed by atoms with E-state index in [2.05, 4.69) is 4.79 Å². The minimum absolute atomic E-state index is 0.382.